The lowest BCUT2D eigenvalue weighted by Gasteiger charge is -2.29. The van der Waals surface area contributed by atoms with Crippen LogP contribution in [0.15, 0.2) is 133 Å². The Labute approximate surface area is 381 Å². The molecule has 1 N–H and O–H groups in total. The summed E-state index contributed by atoms with van der Waals surface area (Å²) in [5, 5.41) is 11.4. The highest BCUT2D eigenvalue weighted by molar-refractivity contribution is 7.23. The molecule has 8 aromatic rings. The molecule has 0 bridgehead atoms. The van der Waals surface area contributed by atoms with E-state index in [1.165, 1.54) is 25.0 Å². The van der Waals surface area contributed by atoms with Gasteiger partial charge in [0.05, 0.1) is 35.0 Å². The molecule has 0 aliphatic carbocycles. The molecule has 6 aromatic carbocycles. The summed E-state index contributed by atoms with van der Waals surface area (Å²) in [6.07, 6.45) is 2.42. The number of carbonyl (C=O) groups excluding carboxylic acids is 2. The van der Waals surface area contributed by atoms with Gasteiger partial charge in [-0.15, -0.1) is 22.7 Å². The smallest absolute Gasteiger partial charge is 0.195 e. The minimum Gasteiger partial charge on any atom is -0.508 e. The fraction of sp³-hybridized carbons (Fsp3) is 0.208. The molecule has 0 saturated carbocycles. The van der Waals surface area contributed by atoms with Crippen LogP contribution < -0.4 is 23.7 Å². The molecule has 3 heterocycles. The fourth-order valence-corrected chi connectivity index (χ4v) is 10.4. The number of benzene rings is 6. The van der Waals surface area contributed by atoms with Crippen LogP contribution in [0, 0.1) is 5.92 Å². The summed E-state index contributed by atoms with van der Waals surface area (Å²) >= 11 is 3.16. The number of fused-ring (bicyclic) bond motifs is 2. The summed E-state index contributed by atoms with van der Waals surface area (Å²) in [6, 6.07) is 41.0. The van der Waals surface area contributed by atoms with Gasteiger partial charge in [0.1, 0.15) is 34.5 Å². The van der Waals surface area contributed by atoms with E-state index in [1.54, 1.807) is 63.2 Å². The zero-order valence-corrected chi connectivity index (χ0v) is 38.0. The maximum atomic E-state index is 13.9. The zero-order valence-electron chi connectivity index (χ0n) is 36.4. The maximum absolute atomic E-state index is 13.9. The molecule has 1 aliphatic heterocycles. The van der Waals surface area contributed by atoms with E-state index in [0.717, 1.165) is 82.9 Å². The van der Waals surface area contributed by atoms with Crippen LogP contribution in [0.3, 0.4) is 0 Å². The van der Waals surface area contributed by atoms with Crippen molar-refractivity contribution in [3.05, 3.63) is 156 Å². The lowest BCUT2D eigenvalue weighted by molar-refractivity contribution is 0.103. The molecule has 2 aromatic heterocycles. The maximum Gasteiger partial charge on any atom is 0.195 e. The minimum atomic E-state index is -0.0813. The van der Waals surface area contributed by atoms with Crippen molar-refractivity contribution < 1.29 is 38.4 Å². The highest BCUT2D eigenvalue weighted by Gasteiger charge is 2.24. The first kappa shape index (κ1) is 44.0. The first-order valence-electron chi connectivity index (χ1n) is 21.0. The zero-order chi connectivity index (χ0) is 44.7. The number of aromatic hydroxyl groups is 1. The third-order valence-electron chi connectivity index (χ3n) is 11.4. The number of methoxy groups -OCH3 is 4. The van der Waals surface area contributed by atoms with Gasteiger partial charge in [0.15, 0.2) is 11.6 Å². The van der Waals surface area contributed by atoms with Gasteiger partial charge in [-0.2, -0.15) is 0 Å². The van der Waals surface area contributed by atoms with Crippen LogP contribution in [0.4, 0.5) is 0 Å². The van der Waals surface area contributed by atoms with E-state index < -0.39 is 0 Å². The molecule has 64 heavy (non-hydrogen) atoms. The average molecular weight is 892 g/mol. The van der Waals surface area contributed by atoms with Crippen molar-refractivity contribution in [1.82, 2.24) is 4.90 Å². The van der Waals surface area contributed by atoms with Crippen molar-refractivity contribution in [3.63, 3.8) is 0 Å². The van der Waals surface area contributed by atoms with E-state index in [4.69, 9.17) is 23.7 Å². The van der Waals surface area contributed by atoms with Gasteiger partial charge in [0.25, 0.3) is 0 Å². The molecule has 11 heteroatoms. The molecule has 9 nitrogen and oxygen atoms in total. The molecule has 0 spiro atoms. The summed E-state index contributed by atoms with van der Waals surface area (Å²) in [6.45, 7) is 2.94. The van der Waals surface area contributed by atoms with Gasteiger partial charge in [-0.25, -0.2) is 0 Å². The Morgan fingerprint density at radius 3 is 1.44 bits per heavy atom. The van der Waals surface area contributed by atoms with Crippen molar-refractivity contribution in [1.29, 1.82) is 0 Å². The Kier molecular flexibility index (Phi) is 13.6. The van der Waals surface area contributed by atoms with E-state index in [1.807, 2.05) is 109 Å². The first-order valence-corrected chi connectivity index (χ1v) is 22.6. The quantitative estimate of drug-likeness (QED) is 0.113. The molecular formula is C53H49NO8S2. The lowest BCUT2D eigenvalue weighted by Crippen LogP contribution is -2.34. The van der Waals surface area contributed by atoms with Crippen LogP contribution in [-0.2, 0) is 0 Å². The molecule has 1 unspecified atom stereocenters. The van der Waals surface area contributed by atoms with E-state index in [9.17, 15) is 14.7 Å². The third kappa shape index (κ3) is 9.62. The number of hydrogen-bond donors (Lipinski definition) is 1. The molecule has 1 saturated heterocycles. The van der Waals surface area contributed by atoms with Crippen LogP contribution >= 0.6 is 22.7 Å². The molecule has 9 rings (SSSR count). The number of nitrogens with zero attached hydrogens (tertiary/aromatic N) is 1. The second-order valence-corrected chi connectivity index (χ2v) is 17.7. The molecule has 326 valence electrons. The summed E-state index contributed by atoms with van der Waals surface area (Å²) in [5.41, 5.74) is 4.47. The van der Waals surface area contributed by atoms with E-state index in [0.29, 0.717) is 34.8 Å². The van der Waals surface area contributed by atoms with Crippen molar-refractivity contribution in [2.75, 3.05) is 55.2 Å². The predicted molar refractivity (Wildman–Crippen MR) is 258 cm³/mol. The van der Waals surface area contributed by atoms with Gasteiger partial charge >= 0.3 is 0 Å². The Morgan fingerprint density at radius 2 is 1.00 bits per heavy atom. The predicted octanol–water partition coefficient (Wildman–Crippen LogP) is 12.1. The van der Waals surface area contributed by atoms with Gasteiger partial charge in [-0.1, -0.05) is 0 Å². The highest BCUT2D eigenvalue weighted by Crippen LogP contribution is 2.43. The third-order valence-corrected chi connectivity index (χ3v) is 13.8. The summed E-state index contributed by atoms with van der Waals surface area (Å²) in [4.78, 5) is 31.4. The second-order valence-electron chi connectivity index (χ2n) is 15.6. The van der Waals surface area contributed by atoms with Gasteiger partial charge in [0.2, 0.25) is 0 Å². The summed E-state index contributed by atoms with van der Waals surface area (Å²) in [5.74, 6) is 4.46. The molecule has 1 aliphatic rings. The fourth-order valence-electron chi connectivity index (χ4n) is 7.98. The monoisotopic (exact) mass is 891 g/mol. The second kappa shape index (κ2) is 19.8. The van der Waals surface area contributed by atoms with Crippen LogP contribution in [0.1, 0.15) is 44.7 Å². The molecule has 0 radical (unpaired) electrons. The first-order chi connectivity index (χ1) is 31.2. The molecule has 1 fully saturated rings. The summed E-state index contributed by atoms with van der Waals surface area (Å²) < 4.78 is 29.4. The minimum absolute atomic E-state index is 0.00214. The van der Waals surface area contributed by atoms with Crippen LogP contribution in [0.2, 0.25) is 0 Å². The summed E-state index contributed by atoms with van der Waals surface area (Å²) in [7, 11) is 8.72. The topological polar surface area (TPSA) is 104 Å². The average Bonchev–Trinajstić information content (AvgIpc) is 3.92. The van der Waals surface area contributed by atoms with Crippen LogP contribution in [0.25, 0.3) is 41.1 Å². The van der Waals surface area contributed by atoms with E-state index >= 15 is 0 Å². The number of carbonyl (C=O) groups is 2. The molecule has 0 amide bonds. The number of thiophene rings is 2. The molecular weight excluding hydrogens is 843 g/mol. The molecule has 1 atom stereocenters. The van der Waals surface area contributed by atoms with Gasteiger partial charge in [0, 0.05) is 64.6 Å². The SMILES string of the molecule is COc1ccc(-c2sc3cc(OC)ccc3c2C(=O)c2ccc(O)cc2)cc1.COc1ccc(-c2sc3cc(OC)ccc3c2C(=O)c2ccc(OCC3CCCN(C)C3)cc2)cc1. The Balaban J connectivity index is 0.000000181. The van der Waals surface area contributed by atoms with Gasteiger partial charge < -0.3 is 33.7 Å². The Hall–Kier alpha value is -6.66. The normalized spacial score (nSPS) is 13.8. The number of ether oxygens (including phenoxy) is 5. The Bertz CT molecular complexity index is 2880. The van der Waals surface area contributed by atoms with Crippen molar-refractivity contribution >= 4 is 54.4 Å². The number of hydrogen-bond acceptors (Lipinski definition) is 11. The number of ketones is 2. The van der Waals surface area contributed by atoms with E-state index in [2.05, 4.69) is 11.9 Å². The standard InChI is InChI=1S/C30H31NO4S.C23H18O4S/c1-31-16-4-5-20(18-31)19-35-24-12-6-21(7-13-24)29(32)28-26-15-14-25(34-3)17-27(26)36-30(28)22-8-10-23(33-2)11-9-22;1-26-17-9-5-15(6-10-17)23-21(22(25)14-3-7-16(24)8-4-14)19-12-11-18(27-2)13-20(19)28-23/h6-15,17,20H,4-5,16,18-19H2,1-3H3;3-13,24H,1-2H3. The highest BCUT2D eigenvalue weighted by atomic mass is 32.1. The lowest BCUT2D eigenvalue weighted by atomic mass is 9.97. The van der Waals surface area contributed by atoms with Crippen molar-refractivity contribution in [2.45, 2.75) is 12.8 Å². The largest absolute Gasteiger partial charge is 0.508 e. The van der Waals surface area contributed by atoms with Gasteiger partial charge in [-0.05, 0) is 171 Å². The van der Waals surface area contributed by atoms with Crippen LogP contribution in [-0.4, -0.2) is 76.8 Å². The van der Waals surface area contributed by atoms with Gasteiger partial charge in [-0.3, -0.25) is 9.59 Å². The number of phenols is 1. The number of rotatable bonds is 13. The van der Waals surface area contributed by atoms with Crippen LogP contribution in [0.5, 0.6) is 34.5 Å². The number of likely N-dealkylation sites (tertiary alicyclic amines) is 1. The van der Waals surface area contributed by atoms with E-state index in [-0.39, 0.29) is 17.3 Å². The van der Waals surface area contributed by atoms with Crippen molar-refractivity contribution in [2.24, 2.45) is 5.92 Å². The number of phenolic OH excluding ortho intramolecular Hbond substituents is 1. The Morgan fingerprint density at radius 1 is 0.578 bits per heavy atom. The van der Waals surface area contributed by atoms with Crippen molar-refractivity contribution in [3.8, 4) is 55.4 Å². The number of piperidine rings is 1.